The molecular weight excluding hydrogens is 484 g/mol. The minimum atomic E-state index is -1.82. The highest BCUT2D eigenvalue weighted by Crippen LogP contribution is 2.24. The van der Waals surface area contributed by atoms with Gasteiger partial charge in [0.05, 0.1) is 14.2 Å². The zero-order valence-corrected chi connectivity index (χ0v) is 19.4. The van der Waals surface area contributed by atoms with Gasteiger partial charge in [-0.05, 0) is 29.8 Å². The molecule has 3 rings (SSSR count). The molecule has 1 amide bonds. The molecule has 10 heteroatoms. The maximum Gasteiger partial charge on any atom is 0.414 e. The first kappa shape index (κ1) is 25.2. The number of amides is 1. The Labute approximate surface area is 194 Å². The number of aliphatic carboxylic acids is 2. The van der Waals surface area contributed by atoms with E-state index < -0.39 is 11.9 Å². The topological polar surface area (TPSA) is 117 Å². The van der Waals surface area contributed by atoms with Gasteiger partial charge >= 0.3 is 11.9 Å². The van der Waals surface area contributed by atoms with Crippen LogP contribution >= 0.6 is 15.9 Å². The van der Waals surface area contributed by atoms with Gasteiger partial charge in [0.1, 0.15) is 11.5 Å². The molecule has 0 saturated carbocycles. The molecule has 0 aromatic heterocycles. The second-order valence-corrected chi connectivity index (χ2v) is 7.83. The highest BCUT2D eigenvalue weighted by molar-refractivity contribution is 9.10. The summed E-state index contributed by atoms with van der Waals surface area (Å²) < 4.78 is 11.6. The summed E-state index contributed by atoms with van der Waals surface area (Å²) in [6.07, 6.45) is 0. The highest BCUT2D eigenvalue weighted by Gasteiger charge is 2.23. The van der Waals surface area contributed by atoms with Gasteiger partial charge in [0.15, 0.2) is 0 Å². The normalized spacial score (nSPS) is 13.5. The van der Waals surface area contributed by atoms with E-state index in [0.717, 1.165) is 24.1 Å². The molecule has 1 fully saturated rings. The van der Waals surface area contributed by atoms with Crippen molar-refractivity contribution in [3.05, 3.63) is 58.1 Å². The van der Waals surface area contributed by atoms with Gasteiger partial charge in [-0.3, -0.25) is 9.69 Å². The second-order valence-electron chi connectivity index (χ2n) is 6.91. The Morgan fingerprint density at radius 3 is 1.94 bits per heavy atom. The van der Waals surface area contributed by atoms with Crippen molar-refractivity contribution < 1.29 is 34.1 Å². The van der Waals surface area contributed by atoms with Gasteiger partial charge in [0, 0.05) is 48.8 Å². The number of methoxy groups -OCH3 is 2. The van der Waals surface area contributed by atoms with Crippen molar-refractivity contribution >= 4 is 33.8 Å². The lowest BCUT2D eigenvalue weighted by molar-refractivity contribution is -0.159. The van der Waals surface area contributed by atoms with E-state index in [1.54, 1.807) is 32.4 Å². The van der Waals surface area contributed by atoms with E-state index in [4.69, 9.17) is 29.3 Å². The van der Waals surface area contributed by atoms with Crippen molar-refractivity contribution in [3.63, 3.8) is 0 Å². The van der Waals surface area contributed by atoms with E-state index in [0.29, 0.717) is 30.2 Å². The predicted molar refractivity (Wildman–Crippen MR) is 120 cm³/mol. The molecule has 0 aliphatic carbocycles. The number of piperazine rings is 1. The summed E-state index contributed by atoms with van der Waals surface area (Å²) in [5.41, 5.74) is 1.87. The number of carbonyl (C=O) groups is 3. The third kappa shape index (κ3) is 7.54. The maximum absolute atomic E-state index is 12.8. The lowest BCUT2D eigenvalue weighted by atomic mass is 10.1. The average Bonchev–Trinajstić information content (AvgIpc) is 2.79. The highest BCUT2D eigenvalue weighted by atomic mass is 79.9. The van der Waals surface area contributed by atoms with E-state index in [1.165, 1.54) is 5.56 Å². The van der Waals surface area contributed by atoms with Crippen LogP contribution < -0.4 is 9.47 Å². The molecule has 1 aliphatic heterocycles. The summed E-state index contributed by atoms with van der Waals surface area (Å²) >= 11 is 3.51. The molecular formula is C22H25BrN2O7. The maximum atomic E-state index is 12.8. The van der Waals surface area contributed by atoms with Gasteiger partial charge in [-0.25, -0.2) is 9.59 Å². The Kier molecular flexibility index (Phi) is 9.48. The van der Waals surface area contributed by atoms with Gasteiger partial charge in [-0.15, -0.1) is 0 Å². The molecule has 32 heavy (non-hydrogen) atoms. The molecule has 1 aliphatic rings. The van der Waals surface area contributed by atoms with Gasteiger partial charge < -0.3 is 24.6 Å². The smallest absolute Gasteiger partial charge is 0.414 e. The number of hydrogen-bond donors (Lipinski definition) is 2. The number of carboxylic acid groups (broad SMARTS) is 2. The molecule has 0 bridgehead atoms. The van der Waals surface area contributed by atoms with Crippen LogP contribution in [0.1, 0.15) is 15.9 Å². The average molecular weight is 509 g/mol. The van der Waals surface area contributed by atoms with Crippen molar-refractivity contribution in [3.8, 4) is 11.5 Å². The van der Waals surface area contributed by atoms with Gasteiger partial charge in [-0.2, -0.15) is 0 Å². The quantitative estimate of drug-likeness (QED) is 0.591. The summed E-state index contributed by atoms with van der Waals surface area (Å²) in [5.74, 6) is -2.38. The summed E-state index contributed by atoms with van der Waals surface area (Å²) in [7, 11) is 3.17. The van der Waals surface area contributed by atoms with Crippen LogP contribution in [-0.4, -0.2) is 78.3 Å². The minimum absolute atomic E-state index is 0.0179. The third-order valence-corrected chi connectivity index (χ3v) is 5.23. The Balaban J connectivity index is 0.000000534. The largest absolute Gasteiger partial charge is 0.497 e. The predicted octanol–water partition coefficient (Wildman–Crippen LogP) is 2.58. The van der Waals surface area contributed by atoms with Crippen molar-refractivity contribution in [1.82, 2.24) is 9.80 Å². The zero-order valence-electron chi connectivity index (χ0n) is 17.8. The lowest BCUT2D eigenvalue weighted by Gasteiger charge is -2.35. The second kappa shape index (κ2) is 12.1. The number of nitrogens with zero attached hydrogens (tertiary/aromatic N) is 2. The van der Waals surface area contributed by atoms with Crippen LogP contribution in [0.25, 0.3) is 0 Å². The Morgan fingerprint density at radius 2 is 1.47 bits per heavy atom. The number of ether oxygens (including phenoxy) is 2. The fraction of sp³-hybridized carbons (Fsp3) is 0.318. The zero-order chi connectivity index (χ0) is 23.7. The van der Waals surface area contributed by atoms with Crippen molar-refractivity contribution in [2.45, 2.75) is 6.54 Å². The van der Waals surface area contributed by atoms with Crippen molar-refractivity contribution in [2.24, 2.45) is 0 Å². The van der Waals surface area contributed by atoms with Crippen LogP contribution in [0.2, 0.25) is 0 Å². The molecule has 0 unspecified atom stereocenters. The molecule has 9 nitrogen and oxygen atoms in total. The van der Waals surface area contributed by atoms with Crippen LogP contribution in [0.4, 0.5) is 0 Å². The number of benzene rings is 2. The Bertz CT molecular complexity index is 925. The molecule has 1 heterocycles. The fourth-order valence-corrected chi connectivity index (χ4v) is 3.56. The van der Waals surface area contributed by atoms with Gasteiger partial charge in [-0.1, -0.05) is 28.1 Å². The molecule has 2 N–H and O–H groups in total. The third-order valence-electron chi connectivity index (χ3n) is 4.74. The first-order valence-corrected chi connectivity index (χ1v) is 10.5. The van der Waals surface area contributed by atoms with E-state index in [2.05, 4.69) is 39.0 Å². The molecule has 2 aromatic rings. The summed E-state index contributed by atoms with van der Waals surface area (Å²) in [6.45, 7) is 4.05. The van der Waals surface area contributed by atoms with E-state index >= 15 is 0 Å². The lowest BCUT2D eigenvalue weighted by Crippen LogP contribution is -2.48. The molecule has 0 atom stereocenters. The first-order chi connectivity index (χ1) is 15.2. The van der Waals surface area contributed by atoms with E-state index in [-0.39, 0.29) is 5.91 Å². The molecule has 172 valence electrons. The SMILES string of the molecule is COc1cc(OC)cc(C(=O)N2CCN(Cc3cccc(Br)c3)CC2)c1.O=C(O)C(=O)O. The van der Waals surface area contributed by atoms with Gasteiger partial charge in [0.2, 0.25) is 0 Å². The summed E-state index contributed by atoms with van der Waals surface area (Å²) in [4.78, 5) is 35.3. The summed E-state index contributed by atoms with van der Waals surface area (Å²) in [6, 6.07) is 13.6. The summed E-state index contributed by atoms with van der Waals surface area (Å²) in [5, 5.41) is 14.8. The van der Waals surface area contributed by atoms with Crippen LogP contribution in [-0.2, 0) is 16.1 Å². The van der Waals surface area contributed by atoms with Crippen molar-refractivity contribution in [1.29, 1.82) is 0 Å². The Morgan fingerprint density at radius 1 is 0.906 bits per heavy atom. The standard InChI is InChI=1S/C20H23BrN2O3.C2H2O4/c1-25-18-11-16(12-19(13-18)26-2)20(24)23-8-6-22(7-9-23)14-15-4-3-5-17(21)10-15;3-1(4)2(5)6/h3-5,10-13H,6-9,14H2,1-2H3;(H,3,4)(H,5,6). The van der Waals surface area contributed by atoms with Crippen LogP contribution in [0, 0.1) is 0 Å². The van der Waals surface area contributed by atoms with Gasteiger partial charge in [0.25, 0.3) is 5.91 Å². The molecule has 1 saturated heterocycles. The molecule has 0 spiro atoms. The number of hydrogen-bond acceptors (Lipinski definition) is 6. The minimum Gasteiger partial charge on any atom is -0.497 e. The number of rotatable bonds is 5. The van der Waals surface area contributed by atoms with Crippen LogP contribution in [0.3, 0.4) is 0 Å². The number of carbonyl (C=O) groups excluding carboxylic acids is 1. The van der Waals surface area contributed by atoms with E-state index in [9.17, 15) is 4.79 Å². The first-order valence-electron chi connectivity index (χ1n) is 9.69. The number of carboxylic acids is 2. The van der Waals surface area contributed by atoms with Crippen molar-refractivity contribution in [2.75, 3.05) is 40.4 Å². The number of halogens is 1. The molecule has 0 radical (unpaired) electrons. The fourth-order valence-electron chi connectivity index (χ4n) is 3.12. The molecule has 2 aromatic carbocycles. The Hall–Kier alpha value is -3.11. The van der Waals surface area contributed by atoms with E-state index in [1.807, 2.05) is 11.0 Å². The monoisotopic (exact) mass is 508 g/mol. The van der Waals surface area contributed by atoms with Crippen LogP contribution in [0.5, 0.6) is 11.5 Å². The van der Waals surface area contributed by atoms with Crippen LogP contribution in [0.15, 0.2) is 46.9 Å².